The number of aromatic amines is 1. The molecule has 0 bridgehead atoms. The molecule has 0 spiro atoms. The Morgan fingerprint density at radius 1 is 1.16 bits per heavy atom. The van der Waals surface area contributed by atoms with Gasteiger partial charge in [-0.3, -0.25) is 14.8 Å². The Morgan fingerprint density at radius 2 is 1.94 bits per heavy atom. The molecule has 10 nitrogen and oxygen atoms in total. The average Bonchev–Trinajstić information content (AvgIpc) is 2.73. The number of hydrogen-bond acceptors (Lipinski definition) is 8. The number of anilines is 3. The van der Waals surface area contributed by atoms with Crippen molar-refractivity contribution in [3.05, 3.63) is 47.1 Å². The second-order valence-corrected chi connectivity index (χ2v) is 8.29. The quantitative estimate of drug-likeness (QED) is 0.660. The van der Waals surface area contributed by atoms with Crippen molar-refractivity contribution >= 4 is 34.4 Å². The number of carbonyl (C=O) groups is 1. The van der Waals surface area contributed by atoms with Gasteiger partial charge >= 0.3 is 6.09 Å². The van der Waals surface area contributed by atoms with Crippen molar-refractivity contribution in [1.82, 2.24) is 24.8 Å². The molecule has 0 aromatic carbocycles. The molecule has 3 aromatic heterocycles. The van der Waals surface area contributed by atoms with E-state index in [0.29, 0.717) is 48.8 Å². The smallest absolute Gasteiger partial charge is 0.410 e. The fraction of sp³-hybridized carbons (Fsp3) is 0.381. The van der Waals surface area contributed by atoms with E-state index < -0.39 is 5.60 Å². The molecular formula is C21H25N7O3. The van der Waals surface area contributed by atoms with Gasteiger partial charge in [-0.15, -0.1) is 0 Å². The highest BCUT2D eigenvalue weighted by atomic mass is 16.6. The zero-order chi connectivity index (χ0) is 22.0. The van der Waals surface area contributed by atoms with Crippen LogP contribution in [0.4, 0.5) is 22.2 Å². The number of aromatic nitrogens is 4. The molecule has 0 unspecified atom stereocenters. The van der Waals surface area contributed by atoms with Gasteiger partial charge in [0.1, 0.15) is 11.4 Å². The topological polar surface area (TPSA) is 116 Å². The van der Waals surface area contributed by atoms with Gasteiger partial charge in [0.2, 0.25) is 5.95 Å². The normalized spacial score (nSPS) is 14.5. The predicted octanol–water partition coefficient (Wildman–Crippen LogP) is 2.51. The molecule has 0 aliphatic carbocycles. The van der Waals surface area contributed by atoms with Crippen LogP contribution in [0.3, 0.4) is 0 Å². The van der Waals surface area contributed by atoms with Crippen LogP contribution in [0.1, 0.15) is 20.8 Å². The fourth-order valence-electron chi connectivity index (χ4n) is 3.33. The van der Waals surface area contributed by atoms with E-state index in [2.05, 4.69) is 30.2 Å². The van der Waals surface area contributed by atoms with Crippen molar-refractivity contribution in [3.63, 3.8) is 0 Å². The Labute approximate surface area is 179 Å². The summed E-state index contributed by atoms with van der Waals surface area (Å²) in [4.78, 5) is 43.8. The second kappa shape index (κ2) is 8.21. The molecular weight excluding hydrogens is 398 g/mol. The zero-order valence-corrected chi connectivity index (χ0v) is 17.8. The minimum atomic E-state index is -0.506. The molecule has 1 amide bonds. The molecule has 10 heteroatoms. The number of ether oxygens (including phenoxy) is 1. The van der Waals surface area contributed by atoms with Gasteiger partial charge in [-0.05, 0) is 32.9 Å². The van der Waals surface area contributed by atoms with Crippen LogP contribution in [-0.4, -0.2) is 62.7 Å². The van der Waals surface area contributed by atoms with Crippen molar-refractivity contribution < 1.29 is 9.53 Å². The highest BCUT2D eigenvalue weighted by molar-refractivity contribution is 5.77. The van der Waals surface area contributed by atoms with Crippen LogP contribution in [-0.2, 0) is 4.74 Å². The molecule has 0 saturated carbocycles. The lowest BCUT2D eigenvalue weighted by Crippen LogP contribution is -2.50. The highest BCUT2D eigenvalue weighted by Crippen LogP contribution is 2.21. The number of piperazine rings is 1. The number of amides is 1. The van der Waals surface area contributed by atoms with Gasteiger partial charge in [-0.2, -0.15) is 0 Å². The summed E-state index contributed by atoms with van der Waals surface area (Å²) in [5, 5.41) is 3.53. The van der Waals surface area contributed by atoms with E-state index in [4.69, 9.17) is 4.74 Å². The first-order chi connectivity index (χ1) is 14.8. The van der Waals surface area contributed by atoms with Crippen LogP contribution in [0.5, 0.6) is 0 Å². The molecule has 31 heavy (non-hydrogen) atoms. The van der Waals surface area contributed by atoms with E-state index in [1.54, 1.807) is 29.6 Å². The Kier molecular flexibility index (Phi) is 5.45. The summed E-state index contributed by atoms with van der Waals surface area (Å²) in [5.74, 6) is 0.850. The summed E-state index contributed by atoms with van der Waals surface area (Å²) in [6, 6.07) is 5.42. The summed E-state index contributed by atoms with van der Waals surface area (Å²) in [5.41, 5.74) is 0.715. The van der Waals surface area contributed by atoms with Crippen LogP contribution < -0.4 is 15.8 Å². The number of carbonyl (C=O) groups excluding carboxylic acids is 1. The minimum Gasteiger partial charge on any atom is -0.444 e. The van der Waals surface area contributed by atoms with E-state index in [-0.39, 0.29) is 11.7 Å². The van der Waals surface area contributed by atoms with E-state index >= 15 is 0 Å². The summed E-state index contributed by atoms with van der Waals surface area (Å²) in [7, 11) is 0. The SMILES string of the molecule is CC(C)(C)OC(=O)N1CCN(c2ccnc(Nc3nc4cnccc4c(=O)[nH]3)c2)CC1. The third-order valence-corrected chi connectivity index (χ3v) is 4.80. The van der Waals surface area contributed by atoms with Crippen molar-refractivity contribution in [1.29, 1.82) is 0 Å². The molecule has 1 saturated heterocycles. The number of nitrogens with zero attached hydrogens (tertiary/aromatic N) is 5. The lowest BCUT2D eigenvalue weighted by molar-refractivity contribution is 0.0240. The van der Waals surface area contributed by atoms with Crippen LogP contribution in [0.15, 0.2) is 41.6 Å². The maximum absolute atomic E-state index is 12.3. The maximum Gasteiger partial charge on any atom is 0.410 e. The number of pyridine rings is 2. The van der Waals surface area contributed by atoms with Gasteiger partial charge < -0.3 is 19.9 Å². The molecule has 1 aliphatic heterocycles. The van der Waals surface area contributed by atoms with E-state index in [1.807, 2.05) is 32.9 Å². The third kappa shape index (κ3) is 4.90. The van der Waals surface area contributed by atoms with Crippen molar-refractivity contribution in [3.8, 4) is 0 Å². The second-order valence-electron chi connectivity index (χ2n) is 8.29. The molecule has 1 aliphatic rings. The maximum atomic E-state index is 12.3. The van der Waals surface area contributed by atoms with Crippen molar-refractivity contribution in [2.45, 2.75) is 26.4 Å². The van der Waals surface area contributed by atoms with Gasteiger partial charge in [-0.25, -0.2) is 14.8 Å². The monoisotopic (exact) mass is 423 g/mol. The molecule has 2 N–H and O–H groups in total. The van der Waals surface area contributed by atoms with Crippen molar-refractivity contribution in [2.75, 3.05) is 36.4 Å². The number of nitrogens with one attached hydrogen (secondary N) is 2. The minimum absolute atomic E-state index is 0.246. The highest BCUT2D eigenvalue weighted by Gasteiger charge is 2.26. The van der Waals surface area contributed by atoms with Gasteiger partial charge in [-0.1, -0.05) is 0 Å². The number of hydrogen-bond donors (Lipinski definition) is 2. The van der Waals surface area contributed by atoms with Crippen LogP contribution in [0.25, 0.3) is 10.9 Å². The van der Waals surface area contributed by atoms with Gasteiger partial charge in [0.15, 0.2) is 0 Å². The van der Waals surface area contributed by atoms with E-state index in [9.17, 15) is 9.59 Å². The van der Waals surface area contributed by atoms with E-state index in [0.717, 1.165) is 5.69 Å². The molecule has 162 valence electrons. The average molecular weight is 423 g/mol. The first-order valence-corrected chi connectivity index (χ1v) is 10.1. The van der Waals surface area contributed by atoms with Gasteiger partial charge in [0, 0.05) is 50.3 Å². The van der Waals surface area contributed by atoms with Crippen LogP contribution >= 0.6 is 0 Å². The molecule has 4 heterocycles. The lowest BCUT2D eigenvalue weighted by Gasteiger charge is -2.36. The molecule has 4 rings (SSSR count). The van der Waals surface area contributed by atoms with Crippen LogP contribution in [0, 0.1) is 0 Å². The summed E-state index contributed by atoms with van der Waals surface area (Å²) in [6.45, 7) is 8.10. The van der Waals surface area contributed by atoms with Gasteiger partial charge in [0.05, 0.1) is 17.1 Å². The summed E-state index contributed by atoms with van der Waals surface area (Å²) in [6.07, 6.45) is 4.51. The van der Waals surface area contributed by atoms with E-state index in [1.165, 1.54) is 0 Å². The largest absolute Gasteiger partial charge is 0.444 e. The number of fused-ring (bicyclic) bond motifs is 1. The Morgan fingerprint density at radius 3 is 2.68 bits per heavy atom. The molecule has 0 atom stereocenters. The lowest BCUT2D eigenvalue weighted by atomic mass is 10.2. The third-order valence-electron chi connectivity index (χ3n) is 4.80. The predicted molar refractivity (Wildman–Crippen MR) is 118 cm³/mol. The number of H-pyrrole nitrogens is 1. The molecule has 0 radical (unpaired) electrons. The standard InChI is InChI=1S/C21H25N7O3/c1-21(2,3)31-20(30)28-10-8-27(9-11-28)14-4-7-23-17(12-14)25-19-24-16-13-22-6-5-15(16)18(29)26-19/h4-7,12-13H,8-11H2,1-3H3,(H2,23,24,25,26,29). The Hall–Kier alpha value is -3.69. The summed E-state index contributed by atoms with van der Waals surface area (Å²) >= 11 is 0. The summed E-state index contributed by atoms with van der Waals surface area (Å²) < 4.78 is 5.45. The molecule has 1 fully saturated rings. The first-order valence-electron chi connectivity index (χ1n) is 10.1. The van der Waals surface area contributed by atoms with Crippen molar-refractivity contribution in [2.24, 2.45) is 0 Å². The van der Waals surface area contributed by atoms with Gasteiger partial charge in [0.25, 0.3) is 5.56 Å². The fourth-order valence-corrected chi connectivity index (χ4v) is 3.33. The number of rotatable bonds is 3. The Balaban J connectivity index is 1.44. The first kappa shape index (κ1) is 20.6. The zero-order valence-electron chi connectivity index (χ0n) is 17.8. The molecule has 3 aromatic rings. The van der Waals surface area contributed by atoms with Crippen LogP contribution in [0.2, 0.25) is 0 Å². The Bertz CT molecular complexity index is 1150.